The first-order chi connectivity index (χ1) is 5.86. The minimum Gasteiger partial charge on any atom is -0.358 e. The molecule has 0 saturated carbocycles. The van der Waals surface area contributed by atoms with Crippen LogP contribution < -0.4 is 5.73 Å². The summed E-state index contributed by atoms with van der Waals surface area (Å²) in [5, 5.41) is 0. The van der Waals surface area contributed by atoms with Crippen LogP contribution in [0, 0.1) is 0 Å². The molecule has 0 aliphatic rings. The maximum absolute atomic E-state index is 3.82. The Labute approximate surface area is 73.9 Å². The monoisotopic (exact) mass is 162 g/mol. The van der Waals surface area contributed by atoms with Crippen molar-refractivity contribution >= 4 is 6.08 Å². The van der Waals surface area contributed by atoms with E-state index >= 15 is 0 Å². The number of hydrogen-bond acceptors (Lipinski definition) is 0. The molecule has 1 aromatic carbocycles. The van der Waals surface area contributed by atoms with E-state index in [1.165, 1.54) is 17.5 Å². The molecule has 0 bridgehead atoms. The molecule has 0 aliphatic carbocycles. The second kappa shape index (κ2) is 4.73. The molecule has 0 aromatic heterocycles. The molecule has 0 atom stereocenters. The zero-order chi connectivity index (χ0) is 8.81. The fourth-order valence-electron chi connectivity index (χ4n) is 1.15. The first kappa shape index (κ1) is 9.01. The summed E-state index contributed by atoms with van der Waals surface area (Å²) in [4.78, 5) is 0. The average molecular weight is 162 g/mol. The summed E-state index contributed by atoms with van der Waals surface area (Å²) < 4.78 is 0. The lowest BCUT2D eigenvalue weighted by Gasteiger charge is -1.98. The van der Waals surface area contributed by atoms with Gasteiger partial charge in [-0.3, -0.25) is 0 Å². The lowest BCUT2D eigenvalue weighted by atomic mass is 10.1. The van der Waals surface area contributed by atoms with Gasteiger partial charge in [-0.05, 0) is 17.5 Å². The highest BCUT2D eigenvalue weighted by Gasteiger charge is 1.92. The quantitative estimate of drug-likeness (QED) is 0.695. The van der Waals surface area contributed by atoms with Crippen LogP contribution in [0.5, 0.6) is 0 Å². The van der Waals surface area contributed by atoms with Gasteiger partial charge in [0.1, 0.15) is 0 Å². The van der Waals surface area contributed by atoms with Gasteiger partial charge in [-0.1, -0.05) is 36.9 Å². The Morgan fingerprint density at radius 2 is 1.92 bits per heavy atom. The van der Waals surface area contributed by atoms with Crippen LogP contribution in [0.3, 0.4) is 0 Å². The van der Waals surface area contributed by atoms with Crippen molar-refractivity contribution in [2.45, 2.75) is 12.8 Å². The average Bonchev–Trinajstić information content (AvgIpc) is 2.15. The summed E-state index contributed by atoms with van der Waals surface area (Å²) >= 11 is 0. The summed E-state index contributed by atoms with van der Waals surface area (Å²) in [5.74, 6) is 0. The van der Waals surface area contributed by atoms with Crippen LogP contribution in [0.2, 0.25) is 0 Å². The van der Waals surface area contributed by atoms with E-state index in [1.807, 2.05) is 6.08 Å². The fraction of sp³-hybridized carbons (Fsp3) is 0.273. The van der Waals surface area contributed by atoms with Crippen molar-refractivity contribution in [1.82, 2.24) is 0 Å². The number of quaternary nitrogens is 1. The summed E-state index contributed by atoms with van der Waals surface area (Å²) in [6.07, 6.45) is 4.18. The zero-order valence-corrected chi connectivity index (χ0v) is 7.42. The van der Waals surface area contributed by atoms with Gasteiger partial charge in [-0.25, -0.2) is 0 Å². The SMILES string of the molecule is C=Cc1ccc(CCC[NH3+])cc1. The standard InChI is InChI=1S/C11H15N/c1-2-10-5-7-11(8-6-10)4-3-9-12/h2,5-8H,1,3-4,9,12H2/p+1. The van der Waals surface area contributed by atoms with Gasteiger partial charge in [-0.2, -0.15) is 0 Å². The van der Waals surface area contributed by atoms with Crippen LogP contribution >= 0.6 is 0 Å². The van der Waals surface area contributed by atoms with Crippen molar-refractivity contribution < 1.29 is 5.73 Å². The summed E-state index contributed by atoms with van der Waals surface area (Å²) in [5.41, 5.74) is 6.40. The lowest BCUT2D eigenvalue weighted by molar-refractivity contribution is -0.368. The Balaban J connectivity index is 2.58. The second-order valence-corrected chi connectivity index (χ2v) is 2.90. The summed E-state index contributed by atoms with van der Waals surface area (Å²) in [6, 6.07) is 8.52. The van der Waals surface area contributed by atoms with Gasteiger partial charge in [0.2, 0.25) is 0 Å². The Bertz CT molecular complexity index is 236. The molecule has 1 heteroatoms. The molecule has 0 amide bonds. The van der Waals surface area contributed by atoms with Gasteiger partial charge in [0.15, 0.2) is 0 Å². The predicted molar refractivity (Wildman–Crippen MR) is 52.6 cm³/mol. The molecule has 0 heterocycles. The van der Waals surface area contributed by atoms with Crippen LogP contribution in [0.4, 0.5) is 0 Å². The van der Waals surface area contributed by atoms with E-state index in [9.17, 15) is 0 Å². The number of rotatable bonds is 4. The van der Waals surface area contributed by atoms with Gasteiger partial charge >= 0.3 is 0 Å². The normalized spacial score (nSPS) is 9.75. The van der Waals surface area contributed by atoms with Crippen LogP contribution in [-0.2, 0) is 6.42 Å². The molecular weight excluding hydrogens is 146 g/mol. The third-order valence-corrected chi connectivity index (χ3v) is 1.93. The molecule has 1 aromatic rings. The number of benzene rings is 1. The van der Waals surface area contributed by atoms with E-state index in [0.717, 1.165) is 13.0 Å². The molecule has 0 saturated heterocycles. The molecule has 0 fully saturated rings. The van der Waals surface area contributed by atoms with Crippen molar-refractivity contribution in [2.24, 2.45) is 0 Å². The third-order valence-electron chi connectivity index (χ3n) is 1.93. The van der Waals surface area contributed by atoms with E-state index in [0.29, 0.717) is 0 Å². The minimum atomic E-state index is 1.02. The second-order valence-electron chi connectivity index (χ2n) is 2.90. The summed E-state index contributed by atoms with van der Waals surface area (Å²) in [7, 11) is 0. The van der Waals surface area contributed by atoms with Crippen LogP contribution in [-0.4, -0.2) is 6.54 Å². The van der Waals surface area contributed by atoms with Gasteiger partial charge in [-0.15, -0.1) is 0 Å². The smallest absolute Gasteiger partial charge is 0.0743 e. The molecule has 0 unspecified atom stereocenters. The lowest BCUT2D eigenvalue weighted by Crippen LogP contribution is -2.50. The first-order valence-corrected chi connectivity index (χ1v) is 4.37. The van der Waals surface area contributed by atoms with Gasteiger partial charge in [0.25, 0.3) is 0 Å². The minimum absolute atomic E-state index is 1.02. The largest absolute Gasteiger partial charge is 0.358 e. The molecule has 0 spiro atoms. The van der Waals surface area contributed by atoms with E-state index in [-0.39, 0.29) is 0 Å². The first-order valence-electron chi connectivity index (χ1n) is 4.37. The Hall–Kier alpha value is -1.08. The zero-order valence-electron chi connectivity index (χ0n) is 7.42. The molecule has 0 aliphatic heterocycles. The molecule has 1 rings (SSSR count). The fourth-order valence-corrected chi connectivity index (χ4v) is 1.15. The topological polar surface area (TPSA) is 27.6 Å². The van der Waals surface area contributed by atoms with Gasteiger partial charge in [0, 0.05) is 6.42 Å². The highest BCUT2D eigenvalue weighted by atomic mass is 14.5. The van der Waals surface area contributed by atoms with E-state index in [1.54, 1.807) is 0 Å². The molecule has 12 heavy (non-hydrogen) atoms. The third kappa shape index (κ3) is 2.51. The summed E-state index contributed by atoms with van der Waals surface area (Å²) in [6.45, 7) is 4.73. The highest BCUT2D eigenvalue weighted by Crippen LogP contribution is 2.06. The molecule has 64 valence electrons. The predicted octanol–water partition coefficient (Wildman–Crippen LogP) is 1.50. The van der Waals surface area contributed by atoms with Gasteiger partial charge in [0.05, 0.1) is 6.54 Å². The molecule has 0 radical (unpaired) electrons. The van der Waals surface area contributed by atoms with Crippen LogP contribution in [0.1, 0.15) is 17.5 Å². The maximum atomic E-state index is 3.82. The van der Waals surface area contributed by atoms with Crippen molar-refractivity contribution in [3.05, 3.63) is 42.0 Å². The van der Waals surface area contributed by atoms with Crippen LogP contribution in [0.15, 0.2) is 30.8 Å². The Morgan fingerprint density at radius 1 is 1.25 bits per heavy atom. The molecule has 3 N–H and O–H groups in total. The van der Waals surface area contributed by atoms with Crippen molar-refractivity contribution in [3.63, 3.8) is 0 Å². The van der Waals surface area contributed by atoms with E-state index in [2.05, 4.69) is 36.6 Å². The van der Waals surface area contributed by atoms with Crippen LogP contribution in [0.25, 0.3) is 6.08 Å². The maximum Gasteiger partial charge on any atom is 0.0743 e. The Kier molecular flexibility index (Phi) is 3.55. The van der Waals surface area contributed by atoms with E-state index < -0.39 is 0 Å². The van der Waals surface area contributed by atoms with E-state index in [4.69, 9.17) is 0 Å². The highest BCUT2D eigenvalue weighted by molar-refractivity contribution is 5.47. The van der Waals surface area contributed by atoms with Crippen molar-refractivity contribution in [2.75, 3.05) is 6.54 Å². The van der Waals surface area contributed by atoms with Gasteiger partial charge < -0.3 is 5.73 Å². The van der Waals surface area contributed by atoms with Crippen molar-refractivity contribution in [3.8, 4) is 0 Å². The number of aryl methyl sites for hydroxylation is 1. The molecular formula is C11H16N+. The molecule has 1 nitrogen and oxygen atoms in total. The Morgan fingerprint density at radius 3 is 2.42 bits per heavy atom. The number of hydrogen-bond donors (Lipinski definition) is 1. The van der Waals surface area contributed by atoms with Crippen molar-refractivity contribution in [1.29, 1.82) is 0 Å².